The zero-order valence-corrected chi connectivity index (χ0v) is 17.0. The highest BCUT2D eigenvalue weighted by Crippen LogP contribution is 2.44. The Morgan fingerprint density at radius 3 is 2.03 bits per heavy atom. The number of hydrogen-bond donors (Lipinski definition) is 3. The molecule has 0 bridgehead atoms. The summed E-state index contributed by atoms with van der Waals surface area (Å²) >= 11 is 0. The molecular weight excluding hydrogens is 429 g/mol. The number of carbonyl (C=O) groups excluding carboxylic acids is 2. The summed E-state index contributed by atoms with van der Waals surface area (Å²) in [4.78, 5) is 34.9. The van der Waals surface area contributed by atoms with Gasteiger partial charge < -0.3 is 15.2 Å². The van der Waals surface area contributed by atoms with Crippen molar-refractivity contribution in [1.29, 1.82) is 0 Å². The molecule has 2 amide bonds. The number of ether oxygens (including phenoxy) is 1. The Kier molecular flexibility index (Phi) is 6.42. The molecule has 0 aromatic heterocycles. The first-order valence-electron chi connectivity index (χ1n) is 9.74. The first kappa shape index (κ1) is 23.1. The van der Waals surface area contributed by atoms with Gasteiger partial charge in [-0.1, -0.05) is 48.5 Å². The second kappa shape index (κ2) is 8.89. The molecule has 1 aliphatic carbocycles. The number of alkyl carbamates (subject to hydrolysis) is 1. The lowest BCUT2D eigenvalue weighted by atomic mass is 9.98. The predicted octanol–water partition coefficient (Wildman–Crippen LogP) is 3.44. The molecule has 32 heavy (non-hydrogen) atoms. The lowest BCUT2D eigenvalue weighted by Crippen LogP contribution is -2.65. The molecule has 0 fully saturated rings. The Labute approximate surface area is 181 Å². The number of alkyl halides is 3. The molecule has 2 aromatic rings. The van der Waals surface area contributed by atoms with Crippen LogP contribution in [-0.2, 0) is 14.3 Å². The largest absolute Gasteiger partial charge is 0.481 e. The van der Waals surface area contributed by atoms with E-state index in [1.54, 1.807) is 5.32 Å². The van der Waals surface area contributed by atoms with Crippen LogP contribution in [-0.4, -0.2) is 47.9 Å². The smallest absolute Gasteiger partial charge is 0.420 e. The van der Waals surface area contributed by atoms with E-state index in [1.807, 2.05) is 53.8 Å². The average Bonchev–Trinajstić information content (AvgIpc) is 3.05. The third kappa shape index (κ3) is 4.53. The Morgan fingerprint density at radius 2 is 1.53 bits per heavy atom. The summed E-state index contributed by atoms with van der Waals surface area (Å²) in [6, 6.07) is 14.9. The van der Waals surface area contributed by atoms with E-state index in [0.29, 0.717) is 6.92 Å². The Balaban J connectivity index is 1.71. The molecule has 1 unspecified atom stereocenters. The highest BCUT2D eigenvalue weighted by molar-refractivity contribution is 5.90. The summed E-state index contributed by atoms with van der Waals surface area (Å²) in [5.41, 5.74) is 0.372. The fourth-order valence-electron chi connectivity index (χ4n) is 3.55. The van der Waals surface area contributed by atoms with E-state index >= 15 is 0 Å². The third-order valence-corrected chi connectivity index (χ3v) is 5.34. The minimum atomic E-state index is -5.15. The van der Waals surface area contributed by atoms with Crippen LogP contribution in [0.25, 0.3) is 11.1 Å². The molecule has 1 atom stereocenters. The molecule has 2 aromatic carbocycles. The fraction of sp³-hybridized carbons (Fsp3) is 0.318. The molecule has 0 radical (unpaired) electrons. The number of carboxylic acid groups (broad SMARTS) is 1. The maximum Gasteiger partial charge on any atom is 0.420 e. The number of amides is 2. The van der Waals surface area contributed by atoms with E-state index in [9.17, 15) is 27.6 Å². The van der Waals surface area contributed by atoms with Crippen molar-refractivity contribution >= 4 is 18.0 Å². The molecule has 170 valence electrons. The van der Waals surface area contributed by atoms with Crippen molar-refractivity contribution in [3.05, 3.63) is 59.7 Å². The molecule has 3 N–H and O–H groups in total. The van der Waals surface area contributed by atoms with Crippen LogP contribution in [0.4, 0.5) is 18.0 Å². The topological polar surface area (TPSA) is 105 Å². The summed E-state index contributed by atoms with van der Waals surface area (Å²) in [5, 5.41) is 12.1. The highest BCUT2D eigenvalue weighted by atomic mass is 19.4. The number of benzene rings is 2. The molecule has 0 saturated carbocycles. The molecule has 0 aliphatic heterocycles. The van der Waals surface area contributed by atoms with Crippen LogP contribution in [0.15, 0.2) is 48.5 Å². The van der Waals surface area contributed by atoms with Crippen molar-refractivity contribution in [3.63, 3.8) is 0 Å². The van der Waals surface area contributed by atoms with E-state index in [-0.39, 0.29) is 12.5 Å². The lowest BCUT2D eigenvalue weighted by Gasteiger charge is -2.31. The van der Waals surface area contributed by atoms with Crippen LogP contribution in [0, 0.1) is 0 Å². The molecule has 0 spiro atoms. The van der Waals surface area contributed by atoms with Crippen molar-refractivity contribution in [3.8, 4) is 11.1 Å². The summed E-state index contributed by atoms with van der Waals surface area (Å²) in [6.07, 6.45) is -7.13. The molecule has 0 heterocycles. The van der Waals surface area contributed by atoms with Crippen LogP contribution in [0.1, 0.15) is 30.4 Å². The van der Waals surface area contributed by atoms with E-state index < -0.39 is 42.7 Å². The van der Waals surface area contributed by atoms with Crippen LogP contribution < -0.4 is 10.6 Å². The number of rotatable bonds is 7. The van der Waals surface area contributed by atoms with Gasteiger partial charge in [0.1, 0.15) is 6.61 Å². The van der Waals surface area contributed by atoms with Crippen LogP contribution in [0.3, 0.4) is 0 Å². The van der Waals surface area contributed by atoms with E-state index in [2.05, 4.69) is 0 Å². The van der Waals surface area contributed by atoms with E-state index in [0.717, 1.165) is 22.3 Å². The zero-order chi connectivity index (χ0) is 23.5. The molecule has 7 nitrogen and oxygen atoms in total. The maximum atomic E-state index is 13.6. The van der Waals surface area contributed by atoms with E-state index in [4.69, 9.17) is 9.84 Å². The molecule has 10 heteroatoms. The van der Waals surface area contributed by atoms with Crippen LogP contribution in [0.2, 0.25) is 0 Å². The van der Waals surface area contributed by atoms with Gasteiger partial charge in [-0.25, -0.2) is 4.79 Å². The first-order valence-corrected chi connectivity index (χ1v) is 9.74. The third-order valence-electron chi connectivity index (χ3n) is 5.34. The quantitative estimate of drug-likeness (QED) is 0.600. The molecular formula is C22H21F3N2O5. The van der Waals surface area contributed by atoms with Gasteiger partial charge in [0.05, 0.1) is 6.42 Å². The first-order chi connectivity index (χ1) is 15.0. The number of hydrogen-bond acceptors (Lipinski definition) is 4. The van der Waals surface area contributed by atoms with Crippen molar-refractivity contribution in [2.24, 2.45) is 0 Å². The number of aliphatic carboxylic acids is 1. The summed E-state index contributed by atoms with van der Waals surface area (Å²) < 4.78 is 45.9. The van der Waals surface area contributed by atoms with Crippen molar-refractivity contribution < 1.29 is 37.4 Å². The van der Waals surface area contributed by atoms with Gasteiger partial charge in [0, 0.05) is 12.5 Å². The van der Waals surface area contributed by atoms with Gasteiger partial charge >= 0.3 is 18.2 Å². The van der Waals surface area contributed by atoms with Gasteiger partial charge in [-0.15, -0.1) is 0 Å². The molecule has 0 saturated heterocycles. The second-order valence-electron chi connectivity index (χ2n) is 7.47. The van der Waals surface area contributed by atoms with Crippen molar-refractivity contribution in [2.75, 3.05) is 13.2 Å². The van der Waals surface area contributed by atoms with Crippen molar-refractivity contribution in [1.82, 2.24) is 10.6 Å². The number of nitrogens with one attached hydrogen (secondary N) is 2. The summed E-state index contributed by atoms with van der Waals surface area (Å²) in [7, 11) is 0. The van der Waals surface area contributed by atoms with Gasteiger partial charge in [-0.2, -0.15) is 13.2 Å². The Bertz CT molecular complexity index is 995. The van der Waals surface area contributed by atoms with Gasteiger partial charge in [-0.3, -0.25) is 14.9 Å². The molecule has 1 aliphatic rings. The van der Waals surface area contributed by atoms with Crippen molar-refractivity contribution in [2.45, 2.75) is 31.0 Å². The minimum Gasteiger partial charge on any atom is -0.481 e. The number of carboxylic acids is 1. The fourth-order valence-corrected chi connectivity index (χ4v) is 3.55. The summed E-state index contributed by atoms with van der Waals surface area (Å²) in [5.74, 6) is -3.24. The average molecular weight is 450 g/mol. The minimum absolute atomic E-state index is 0.228. The monoisotopic (exact) mass is 450 g/mol. The predicted molar refractivity (Wildman–Crippen MR) is 108 cm³/mol. The summed E-state index contributed by atoms with van der Waals surface area (Å²) in [6.45, 7) is -0.259. The lowest BCUT2D eigenvalue weighted by molar-refractivity contribution is -0.194. The van der Waals surface area contributed by atoms with Crippen LogP contribution >= 0.6 is 0 Å². The van der Waals surface area contributed by atoms with Gasteiger partial charge in [0.2, 0.25) is 5.54 Å². The van der Waals surface area contributed by atoms with E-state index in [1.165, 1.54) is 0 Å². The SMILES string of the molecule is CC(NC(=O)OCC1c2ccccc2-c2ccccc21)(C(=O)NCCC(=O)O)C(F)(F)F. The maximum absolute atomic E-state index is 13.6. The molecule has 3 rings (SSSR count). The number of carbonyl (C=O) groups is 3. The number of fused-ring (bicyclic) bond motifs is 3. The standard InChI is InChI=1S/C22H21F3N2O5/c1-21(22(23,24)25,19(30)26-11-10-18(28)29)27-20(31)32-12-17-15-8-4-2-6-13(15)14-7-3-5-9-16(14)17/h2-9,17H,10-12H2,1H3,(H,26,30)(H,27,31)(H,28,29). The Hall–Kier alpha value is -3.56. The van der Waals surface area contributed by atoms with Gasteiger partial charge in [0.25, 0.3) is 5.91 Å². The Morgan fingerprint density at radius 1 is 1.00 bits per heavy atom. The number of halogens is 3. The van der Waals surface area contributed by atoms with Crippen LogP contribution in [0.5, 0.6) is 0 Å². The second-order valence-corrected chi connectivity index (χ2v) is 7.47. The zero-order valence-electron chi connectivity index (χ0n) is 17.0. The normalized spacial score (nSPS) is 14.6. The van der Waals surface area contributed by atoms with Gasteiger partial charge in [-0.05, 0) is 29.2 Å². The highest BCUT2D eigenvalue weighted by Gasteiger charge is 2.58. The van der Waals surface area contributed by atoms with Gasteiger partial charge in [0.15, 0.2) is 0 Å².